The Hall–Kier alpha value is -1.92. The molecule has 0 radical (unpaired) electrons. The van der Waals surface area contributed by atoms with E-state index in [0.717, 1.165) is 51.0 Å². The van der Waals surface area contributed by atoms with Crippen molar-refractivity contribution in [1.82, 2.24) is 0 Å². The summed E-state index contributed by atoms with van der Waals surface area (Å²) in [6, 6.07) is 0. The van der Waals surface area contributed by atoms with Gasteiger partial charge < -0.3 is 83.1 Å². The van der Waals surface area contributed by atoms with Crippen molar-refractivity contribution in [2.45, 2.75) is 217 Å². The van der Waals surface area contributed by atoms with Crippen molar-refractivity contribution in [3.63, 3.8) is 0 Å². The van der Waals surface area contributed by atoms with Gasteiger partial charge in [0.2, 0.25) is 0 Å². The topological polar surface area (TPSA) is 268 Å². The summed E-state index contributed by atoms with van der Waals surface area (Å²) >= 11 is 0. The van der Waals surface area contributed by atoms with Gasteiger partial charge in [-0.1, -0.05) is 39.3 Å². The molecule has 4 aliphatic carbocycles. The minimum Gasteiger partial charge on any atom is -0.457 e. The minimum absolute atomic E-state index is 0.0686. The lowest BCUT2D eigenvalue weighted by Crippen LogP contribution is -2.68. The van der Waals surface area contributed by atoms with E-state index in [0.29, 0.717) is 25.4 Å². The zero-order chi connectivity index (χ0) is 50.0. The number of ether oxygens (including phenoxy) is 10. The number of aliphatic hydroxyl groups excluding tert-OH is 6. The number of hydrogen-bond donors (Lipinski definition) is 7. The SMILES string of the molecule is CC(=O)O[C@H]1[C@H](O[C@H]2CC[C@]3(C)[C@H]4CC[C@@H]5[C@@H]6[C@]7(C[C@@]5(CO7)[C@]4(C)CC[C@H]3C2(C)C)O[C@@H](C=C(C)C)C[C@]6(C)O)OC[C@H](O)[C@@H]1O[C@@H]1O[C@H](CO)[C@@H](OC(C)=O)[C@H](O[C@@H]2OC[C@@H](O)[C@H](O)[C@H]2O)[C@H]1O. The molecule has 19 nitrogen and oxygen atoms in total. The van der Waals surface area contributed by atoms with Gasteiger partial charge in [0.25, 0.3) is 0 Å². The molecule has 69 heavy (non-hydrogen) atoms. The first-order valence-corrected chi connectivity index (χ1v) is 25.2. The van der Waals surface area contributed by atoms with Gasteiger partial charge in [-0.05, 0) is 93.3 Å². The Kier molecular flexibility index (Phi) is 13.9. The van der Waals surface area contributed by atoms with Crippen LogP contribution in [0.3, 0.4) is 0 Å². The summed E-state index contributed by atoms with van der Waals surface area (Å²) in [5.41, 5.74) is -0.481. The number of allylic oxidation sites excluding steroid dienone is 1. The van der Waals surface area contributed by atoms with Crippen molar-refractivity contribution in [1.29, 1.82) is 0 Å². The smallest absolute Gasteiger partial charge is 0.303 e. The Bertz CT molecular complexity index is 1940. The number of aliphatic hydroxyl groups is 7. The molecular formula is C50H78O19. The number of fused-ring (bicyclic) bond motifs is 4. The fourth-order valence-electron chi connectivity index (χ4n) is 16.2. The lowest BCUT2D eigenvalue weighted by Gasteiger charge is -2.70. The van der Waals surface area contributed by atoms with Gasteiger partial charge in [-0.3, -0.25) is 9.59 Å². The molecule has 9 fully saturated rings. The van der Waals surface area contributed by atoms with E-state index < -0.39 is 122 Å². The highest BCUT2D eigenvalue weighted by Crippen LogP contribution is 2.80. The van der Waals surface area contributed by atoms with Crippen LogP contribution >= 0.6 is 0 Å². The number of carbonyl (C=O) groups is 2. The molecule has 4 saturated carbocycles. The fraction of sp³-hybridized carbons (Fsp3) is 0.920. The molecule has 0 amide bonds. The third kappa shape index (κ3) is 8.46. The number of hydrogen-bond acceptors (Lipinski definition) is 19. The van der Waals surface area contributed by atoms with E-state index in [1.807, 2.05) is 6.92 Å². The zero-order valence-corrected chi connectivity index (χ0v) is 41.6. The fourth-order valence-corrected chi connectivity index (χ4v) is 16.2. The summed E-state index contributed by atoms with van der Waals surface area (Å²) in [6.45, 7) is 17.0. The third-order valence-corrected chi connectivity index (χ3v) is 18.9. The first kappa shape index (κ1) is 52.0. The van der Waals surface area contributed by atoms with Crippen molar-refractivity contribution in [3.05, 3.63) is 11.6 Å². The molecule has 0 aromatic rings. The van der Waals surface area contributed by atoms with E-state index in [2.05, 4.69) is 47.6 Å². The van der Waals surface area contributed by atoms with Crippen LogP contribution in [0.4, 0.5) is 0 Å². The molecule has 0 aromatic carbocycles. The second-order valence-electron chi connectivity index (χ2n) is 23.7. The number of esters is 2. The van der Waals surface area contributed by atoms with Crippen LogP contribution < -0.4 is 0 Å². The van der Waals surface area contributed by atoms with Crippen molar-refractivity contribution in [2.24, 2.45) is 45.3 Å². The standard InChI is InChI=1S/C50H78O19/c1-23(2)16-26-17-48(9,59)41-27-10-11-32-46(7)14-13-33(45(5,6)31(46)12-15-47(32,8)49(27)21-50(41,69-26)62-22-49)66-44-40(64-25(4)53)37(29(55)20-61-44)67-43-36(58)39(38(63-24(3)52)30(18-51)65-43)68-42-35(57)34(56)28(54)19-60-42/h16,26-44,51,54-59H,10-15,17-22H2,1-9H3/t26-,27+,28+,29-,30+,31-,32+,33-,34-,35+,36+,37-,38+,39+,40+,41-,42-,43-,44-,46-,47+,48-,49-,50-/m0/s1. The first-order chi connectivity index (χ1) is 32.3. The highest BCUT2D eigenvalue weighted by molar-refractivity contribution is 5.66. The molecule has 19 heteroatoms. The Morgan fingerprint density at radius 1 is 0.710 bits per heavy atom. The molecule has 9 rings (SSSR count). The first-order valence-electron chi connectivity index (χ1n) is 25.2. The Morgan fingerprint density at radius 2 is 1.38 bits per heavy atom. The second kappa shape index (κ2) is 18.5. The van der Waals surface area contributed by atoms with Gasteiger partial charge in [0, 0.05) is 38.0 Å². The lowest BCUT2D eigenvalue weighted by atomic mass is 9.35. The van der Waals surface area contributed by atoms with Crippen LogP contribution in [0.5, 0.6) is 0 Å². The van der Waals surface area contributed by atoms with Crippen LogP contribution in [0.2, 0.25) is 0 Å². The molecule has 0 aromatic heterocycles. The number of carbonyl (C=O) groups excluding carboxylic acids is 2. The van der Waals surface area contributed by atoms with E-state index in [4.69, 9.17) is 47.4 Å². The minimum atomic E-state index is -1.86. The zero-order valence-electron chi connectivity index (χ0n) is 41.6. The van der Waals surface area contributed by atoms with Crippen molar-refractivity contribution < 1.29 is 92.7 Å². The Balaban J connectivity index is 0.932. The third-order valence-electron chi connectivity index (χ3n) is 18.9. The van der Waals surface area contributed by atoms with Crippen molar-refractivity contribution >= 4 is 11.9 Å². The summed E-state index contributed by atoms with van der Waals surface area (Å²) in [5.74, 6) is -1.59. The lowest BCUT2D eigenvalue weighted by molar-refractivity contribution is -0.374. The Labute approximate surface area is 404 Å². The maximum atomic E-state index is 12.8. The van der Waals surface area contributed by atoms with E-state index in [-0.39, 0.29) is 52.8 Å². The van der Waals surface area contributed by atoms with Gasteiger partial charge in [0.15, 0.2) is 36.9 Å². The summed E-state index contributed by atoms with van der Waals surface area (Å²) in [4.78, 5) is 25.1. The van der Waals surface area contributed by atoms with E-state index in [9.17, 15) is 45.3 Å². The highest BCUT2D eigenvalue weighted by atomic mass is 16.8. The quantitative estimate of drug-likeness (QED) is 0.0934. The summed E-state index contributed by atoms with van der Waals surface area (Å²) in [6.07, 6.45) is -11.8. The Morgan fingerprint density at radius 3 is 2.06 bits per heavy atom. The predicted octanol–water partition coefficient (Wildman–Crippen LogP) is 1.75. The predicted molar refractivity (Wildman–Crippen MR) is 238 cm³/mol. The molecule has 0 unspecified atom stereocenters. The van der Waals surface area contributed by atoms with Gasteiger partial charge >= 0.3 is 11.9 Å². The molecule has 7 N–H and O–H groups in total. The van der Waals surface area contributed by atoms with Gasteiger partial charge in [0.1, 0.15) is 48.8 Å². The van der Waals surface area contributed by atoms with E-state index in [1.165, 1.54) is 6.92 Å². The van der Waals surface area contributed by atoms with Crippen molar-refractivity contribution in [2.75, 3.05) is 26.4 Å². The van der Waals surface area contributed by atoms with E-state index >= 15 is 0 Å². The van der Waals surface area contributed by atoms with Crippen molar-refractivity contribution in [3.8, 4) is 0 Å². The second-order valence-corrected chi connectivity index (χ2v) is 23.7. The summed E-state index contributed by atoms with van der Waals surface area (Å²) < 4.78 is 61.7. The van der Waals surface area contributed by atoms with Crippen LogP contribution in [0, 0.1) is 45.3 Å². The largest absolute Gasteiger partial charge is 0.457 e. The maximum absolute atomic E-state index is 12.8. The average Bonchev–Trinajstić information content (AvgIpc) is 3.78. The molecule has 5 saturated heterocycles. The van der Waals surface area contributed by atoms with Crippen LogP contribution in [-0.4, -0.2) is 178 Å². The van der Waals surface area contributed by atoms with Crippen LogP contribution in [0.1, 0.15) is 114 Å². The normalized spacial score (nSPS) is 53.2. The molecular weight excluding hydrogens is 905 g/mol. The number of rotatable bonds is 10. The van der Waals surface area contributed by atoms with Gasteiger partial charge in [-0.2, -0.15) is 0 Å². The van der Waals surface area contributed by atoms with Gasteiger partial charge in [-0.15, -0.1) is 0 Å². The molecule has 2 bridgehead atoms. The summed E-state index contributed by atoms with van der Waals surface area (Å²) in [7, 11) is 0. The maximum Gasteiger partial charge on any atom is 0.303 e. The van der Waals surface area contributed by atoms with Crippen LogP contribution in [0.15, 0.2) is 11.6 Å². The molecule has 5 heterocycles. The highest BCUT2D eigenvalue weighted by Gasteiger charge is 2.81. The molecule has 392 valence electrons. The van der Waals surface area contributed by atoms with Crippen LogP contribution in [-0.2, 0) is 57.0 Å². The average molecular weight is 983 g/mol. The van der Waals surface area contributed by atoms with Gasteiger partial charge in [-0.25, -0.2) is 0 Å². The van der Waals surface area contributed by atoms with E-state index in [1.54, 1.807) is 0 Å². The summed E-state index contributed by atoms with van der Waals surface area (Å²) in [5, 5.41) is 77.0. The molecule has 9 aliphatic rings. The molecule has 24 atom stereocenters. The van der Waals surface area contributed by atoms with Gasteiger partial charge in [0.05, 0.1) is 44.2 Å². The molecule has 2 spiro atoms. The molecule has 5 aliphatic heterocycles. The van der Waals surface area contributed by atoms with Crippen LogP contribution in [0.25, 0.3) is 0 Å². The monoisotopic (exact) mass is 983 g/mol.